The molecule has 2 rings (SSSR count). The maximum Gasteiger partial charge on any atom is 0.407 e. The third kappa shape index (κ3) is 5.29. The average molecular weight is 326 g/mol. The van der Waals surface area contributed by atoms with Crippen molar-refractivity contribution >= 4 is 23.4 Å². The molecule has 1 fully saturated rings. The molecule has 0 radical (unpaired) electrons. The van der Waals surface area contributed by atoms with Gasteiger partial charge in [0, 0.05) is 4.88 Å². The fraction of sp³-hybridized carbons (Fsp3) is 0.667. The van der Waals surface area contributed by atoms with Crippen molar-refractivity contribution in [1.29, 1.82) is 0 Å². The summed E-state index contributed by atoms with van der Waals surface area (Å²) < 4.78 is 5.24. The molecule has 0 saturated heterocycles. The number of aliphatic carboxylic acids is 1. The van der Waals surface area contributed by atoms with Crippen molar-refractivity contribution in [1.82, 2.24) is 10.3 Å². The molecule has 1 amide bonds. The molecule has 0 bridgehead atoms. The average Bonchev–Trinajstić information content (AvgIpc) is 2.83. The maximum absolute atomic E-state index is 11.7. The van der Waals surface area contributed by atoms with Crippen LogP contribution in [0.25, 0.3) is 0 Å². The fourth-order valence-electron chi connectivity index (χ4n) is 2.61. The standard InChI is InChI=1S/C15H22N2O4S/c1-10-12(7-14(18)19)22-13(17-10)8-16-15(20)21-9-11-5-3-2-4-6-11/h11H,2-9H2,1H3,(H,16,20)(H,18,19). The fourth-order valence-corrected chi connectivity index (χ4v) is 3.61. The number of rotatable bonds is 6. The van der Waals surface area contributed by atoms with Gasteiger partial charge in [-0.1, -0.05) is 19.3 Å². The monoisotopic (exact) mass is 326 g/mol. The van der Waals surface area contributed by atoms with E-state index in [0.29, 0.717) is 23.2 Å². The van der Waals surface area contributed by atoms with E-state index in [-0.39, 0.29) is 13.0 Å². The van der Waals surface area contributed by atoms with Crippen LogP contribution in [0.5, 0.6) is 0 Å². The Balaban J connectivity index is 1.72. The smallest absolute Gasteiger partial charge is 0.407 e. The van der Waals surface area contributed by atoms with E-state index in [1.54, 1.807) is 6.92 Å². The van der Waals surface area contributed by atoms with Crippen LogP contribution in [-0.4, -0.2) is 28.8 Å². The summed E-state index contributed by atoms with van der Waals surface area (Å²) in [6.07, 6.45) is 5.54. The van der Waals surface area contributed by atoms with E-state index in [2.05, 4.69) is 10.3 Å². The first-order valence-corrected chi connectivity index (χ1v) is 8.44. The predicted octanol–water partition coefficient (Wildman–Crippen LogP) is 2.89. The molecule has 22 heavy (non-hydrogen) atoms. The van der Waals surface area contributed by atoms with Crippen LogP contribution >= 0.6 is 11.3 Å². The molecule has 1 aromatic rings. The molecule has 0 aliphatic heterocycles. The van der Waals surface area contributed by atoms with Crippen molar-refractivity contribution in [2.75, 3.05) is 6.61 Å². The lowest BCUT2D eigenvalue weighted by Crippen LogP contribution is -2.26. The third-order valence-corrected chi connectivity index (χ3v) is 4.96. The Labute approximate surface area is 133 Å². The molecule has 0 unspecified atom stereocenters. The lowest BCUT2D eigenvalue weighted by Gasteiger charge is -2.20. The lowest BCUT2D eigenvalue weighted by atomic mass is 9.90. The van der Waals surface area contributed by atoms with Gasteiger partial charge in [0.25, 0.3) is 0 Å². The molecular weight excluding hydrogens is 304 g/mol. The van der Waals surface area contributed by atoms with E-state index in [0.717, 1.165) is 17.7 Å². The van der Waals surface area contributed by atoms with Crippen molar-refractivity contribution in [3.63, 3.8) is 0 Å². The van der Waals surface area contributed by atoms with Crippen LogP contribution in [0.2, 0.25) is 0 Å². The molecule has 1 heterocycles. The van der Waals surface area contributed by atoms with Gasteiger partial charge >= 0.3 is 12.1 Å². The van der Waals surface area contributed by atoms with Crippen molar-refractivity contribution < 1.29 is 19.4 Å². The maximum atomic E-state index is 11.7. The molecule has 1 aliphatic carbocycles. The normalized spacial score (nSPS) is 15.5. The van der Waals surface area contributed by atoms with E-state index in [4.69, 9.17) is 9.84 Å². The van der Waals surface area contributed by atoms with Crippen LogP contribution < -0.4 is 5.32 Å². The first kappa shape index (κ1) is 16.7. The molecule has 0 atom stereocenters. The SMILES string of the molecule is Cc1nc(CNC(=O)OCC2CCCCC2)sc1CC(=O)O. The summed E-state index contributed by atoms with van der Waals surface area (Å²) in [5.74, 6) is -0.387. The third-order valence-electron chi connectivity index (χ3n) is 3.81. The Kier molecular flexibility index (Phi) is 6.18. The van der Waals surface area contributed by atoms with Gasteiger partial charge in [0.1, 0.15) is 5.01 Å². The number of ether oxygens (including phenoxy) is 1. The highest BCUT2D eigenvalue weighted by Crippen LogP contribution is 2.23. The molecule has 6 nitrogen and oxygen atoms in total. The number of carbonyl (C=O) groups is 2. The summed E-state index contributed by atoms with van der Waals surface area (Å²) in [7, 11) is 0. The molecular formula is C15H22N2O4S. The van der Waals surface area contributed by atoms with Crippen LogP contribution in [0.1, 0.15) is 47.7 Å². The van der Waals surface area contributed by atoms with Crippen LogP contribution in [0, 0.1) is 12.8 Å². The van der Waals surface area contributed by atoms with E-state index in [9.17, 15) is 9.59 Å². The molecule has 7 heteroatoms. The first-order chi connectivity index (χ1) is 10.5. The number of nitrogens with one attached hydrogen (secondary N) is 1. The zero-order chi connectivity index (χ0) is 15.9. The zero-order valence-electron chi connectivity index (χ0n) is 12.8. The highest BCUT2D eigenvalue weighted by Gasteiger charge is 2.16. The van der Waals surface area contributed by atoms with Gasteiger partial charge in [0.2, 0.25) is 0 Å². The summed E-state index contributed by atoms with van der Waals surface area (Å²) >= 11 is 1.31. The minimum Gasteiger partial charge on any atom is -0.481 e. The van der Waals surface area contributed by atoms with Crippen molar-refractivity contribution in [3.8, 4) is 0 Å². The van der Waals surface area contributed by atoms with Crippen LogP contribution in [0.4, 0.5) is 4.79 Å². The number of carboxylic acids is 1. The van der Waals surface area contributed by atoms with E-state index in [1.807, 2.05) is 0 Å². The lowest BCUT2D eigenvalue weighted by molar-refractivity contribution is -0.136. The second-order valence-electron chi connectivity index (χ2n) is 5.64. The van der Waals surface area contributed by atoms with Crippen molar-refractivity contribution in [2.24, 2.45) is 5.92 Å². The predicted molar refractivity (Wildman–Crippen MR) is 83.0 cm³/mol. The number of hydrogen-bond donors (Lipinski definition) is 2. The quantitative estimate of drug-likeness (QED) is 0.839. The molecule has 1 aromatic heterocycles. The number of carbonyl (C=O) groups excluding carboxylic acids is 1. The first-order valence-electron chi connectivity index (χ1n) is 7.62. The molecule has 2 N–H and O–H groups in total. The number of aromatic nitrogens is 1. The van der Waals surface area contributed by atoms with E-state index >= 15 is 0 Å². The van der Waals surface area contributed by atoms with Crippen LogP contribution in [-0.2, 0) is 22.5 Å². The number of carboxylic acid groups (broad SMARTS) is 1. The summed E-state index contributed by atoms with van der Waals surface area (Å²) in [6.45, 7) is 2.53. The molecule has 0 aromatic carbocycles. The Morgan fingerprint density at radius 1 is 1.36 bits per heavy atom. The molecule has 122 valence electrons. The van der Waals surface area contributed by atoms with Gasteiger partial charge in [-0.3, -0.25) is 4.79 Å². The summed E-state index contributed by atoms with van der Waals surface area (Å²) in [5, 5.41) is 12.2. The van der Waals surface area contributed by atoms with Gasteiger partial charge < -0.3 is 15.2 Å². The van der Waals surface area contributed by atoms with Crippen molar-refractivity contribution in [3.05, 3.63) is 15.6 Å². The summed E-state index contributed by atoms with van der Waals surface area (Å²) in [4.78, 5) is 27.4. The number of hydrogen-bond acceptors (Lipinski definition) is 5. The Bertz CT molecular complexity index is 524. The van der Waals surface area contributed by atoms with Gasteiger partial charge in [0.15, 0.2) is 0 Å². The van der Waals surface area contributed by atoms with E-state index in [1.165, 1.54) is 30.6 Å². The molecule has 1 aliphatic rings. The second-order valence-corrected chi connectivity index (χ2v) is 6.81. The zero-order valence-corrected chi connectivity index (χ0v) is 13.6. The highest BCUT2D eigenvalue weighted by molar-refractivity contribution is 7.11. The van der Waals surface area contributed by atoms with Crippen LogP contribution in [0.15, 0.2) is 0 Å². The summed E-state index contributed by atoms with van der Waals surface area (Å²) in [5.41, 5.74) is 0.708. The Morgan fingerprint density at radius 3 is 2.77 bits per heavy atom. The minimum atomic E-state index is -0.877. The molecule has 1 saturated carbocycles. The van der Waals surface area contributed by atoms with Gasteiger partial charge in [-0.15, -0.1) is 11.3 Å². The number of amides is 1. The van der Waals surface area contributed by atoms with Gasteiger partial charge in [-0.25, -0.2) is 9.78 Å². The van der Waals surface area contributed by atoms with Gasteiger partial charge in [-0.05, 0) is 25.7 Å². The van der Waals surface area contributed by atoms with Crippen molar-refractivity contribution in [2.45, 2.75) is 52.0 Å². The number of nitrogens with zero attached hydrogens (tertiary/aromatic N) is 1. The Morgan fingerprint density at radius 2 is 2.09 bits per heavy atom. The number of thiazole rings is 1. The largest absolute Gasteiger partial charge is 0.481 e. The second kappa shape index (κ2) is 8.12. The Hall–Kier alpha value is -1.63. The number of aryl methyl sites for hydroxylation is 1. The van der Waals surface area contributed by atoms with E-state index < -0.39 is 12.1 Å². The van der Waals surface area contributed by atoms with Crippen LogP contribution in [0.3, 0.4) is 0 Å². The summed E-state index contributed by atoms with van der Waals surface area (Å²) in [6, 6.07) is 0. The number of alkyl carbamates (subject to hydrolysis) is 1. The molecule has 0 spiro atoms. The minimum absolute atomic E-state index is 0.0321. The topological polar surface area (TPSA) is 88.5 Å². The van der Waals surface area contributed by atoms with Gasteiger partial charge in [-0.2, -0.15) is 0 Å². The van der Waals surface area contributed by atoms with Gasteiger partial charge in [0.05, 0.1) is 25.3 Å². The highest BCUT2D eigenvalue weighted by atomic mass is 32.1.